The fraction of sp³-hybridized carbons (Fsp3) is 0.200. The first-order valence-electron chi connectivity index (χ1n) is 5.98. The molecular weight excluding hydrogens is 246 g/mol. The van der Waals surface area contributed by atoms with Gasteiger partial charge in [0.25, 0.3) is 0 Å². The number of phenolic OH excluding ortho intramolecular Hbond substituents is 1. The molecule has 0 heterocycles. The molecule has 0 amide bonds. The fourth-order valence-corrected chi connectivity index (χ4v) is 1.96. The molecule has 0 spiro atoms. The third kappa shape index (κ3) is 3.76. The van der Waals surface area contributed by atoms with Crippen LogP contribution < -0.4 is 5.32 Å². The first-order chi connectivity index (χ1) is 8.75. The Morgan fingerprint density at radius 3 is 2.44 bits per heavy atom. The zero-order chi connectivity index (χ0) is 12.8. The molecule has 94 valence electrons. The van der Waals surface area contributed by atoms with Gasteiger partial charge in [-0.25, -0.2) is 0 Å². The van der Waals surface area contributed by atoms with Crippen molar-refractivity contribution in [2.75, 3.05) is 6.54 Å². The summed E-state index contributed by atoms with van der Waals surface area (Å²) < 4.78 is 0. The van der Waals surface area contributed by atoms with Crippen molar-refractivity contribution in [3.8, 4) is 5.75 Å². The standard InChI is InChI=1S/C15H16ClNO/c16-15-4-2-1-3-13(15)11-17-10-9-12-5-7-14(18)8-6-12/h1-8,17-18H,9-11H2. The van der Waals surface area contributed by atoms with Crippen LogP contribution >= 0.6 is 11.6 Å². The van der Waals surface area contributed by atoms with E-state index < -0.39 is 0 Å². The number of aromatic hydroxyl groups is 1. The second kappa shape index (κ2) is 6.43. The highest BCUT2D eigenvalue weighted by Gasteiger charge is 1.98. The summed E-state index contributed by atoms with van der Waals surface area (Å²) in [6, 6.07) is 15.1. The number of phenols is 1. The van der Waals surface area contributed by atoms with Crippen LogP contribution in [-0.4, -0.2) is 11.7 Å². The molecule has 0 fully saturated rings. The molecule has 2 nitrogen and oxygen atoms in total. The highest BCUT2D eigenvalue weighted by Crippen LogP contribution is 2.14. The average molecular weight is 262 g/mol. The van der Waals surface area contributed by atoms with E-state index in [1.165, 1.54) is 5.56 Å². The van der Waals surface area contributed by atoms with Gasteiger partial charge >= 0.3 is 0 Å². The van der Waals surface area contributed by atoms with Crippen molar-refractivity contribution < 1.29 is 5.11 Å². The first kappa shape index (κ1) is 12.9. The maximum Gasteiger partial charge on any atom is 0.115 e. The fourth-order valence-electron chi connectivity index (χ4n) is 1.76. The summed E-state index contributed by atoms with van der Waals surface area (Å²) in [5, 5.41) is 13.3. The van der Waals surface area contributed by atoms with Gasteiger partial charge in [-0.3, -0.25) is 0 Å². The summed E-state index contributed by atoms with van der Waals surface area (Å²) in [6.45, 7) is 1.66. The quantitative estimate of drug-likeness (QED) is 0.809. The number of nitrogens with one attached hydrogen (secondary N) is 1. The molecule has 0 aliphatic rings. The molecule has 0 radical (unpaired) electrons. The molecule has 0 aliphatic heterocycles. The third-order valence-corrected chi connectivity index (χ3v) is 3.17. The van der Waals surface area contributed by atoms with Crippen molar-refractivity contribution in [2.45, 2.75) is 13.0 Å². The summed E-state index contributed by atoms with van der Waals surface area (Å²) in [7, 11) is 0. The molecule has 0 atom stereocenters. The summed E-state index contributed by atoms with van der Waals surface area (Å²) in [5.41, 5.74) is 2.32. The van der Waals surface area contributed by atoms with Gasteiger partial charge in [0.2, 0.25) is 0 Å². The monoisotopic (exact) mass is 261 g/mol. The second-order valence-electron chi connectivity index (χ2n) is 4.18. The van der Waals surface area contributed by atoms with Crippen molar-refractivity contribution in [3.63, 3.8) is 0 Å². The van der Waals surface area contributed by atoms with E-state index in [2.05, 4.69) is 5.32 Å². The highest BCUT2D eigenvalue weighted by molar-refractivity contribution is 6.31. The van der Waals surface area contributed by atoms with Crippen LogP contribution in [0.15, 0.2) is 48.5 Å². The lowest BCUT2D eigenvalue weighted by Crippen LogP contribution is -2.16. The molecule has 0 unspecified atom stereocenters. The molecule has 0 saturated heterocycles. The average Bonchev–Trinajstić information content (AvgIpc) is 2.39. The van der Waals surface area contributed by atoms with Crippen molar-refractivity contribution in [1.82, 2.24) is 5.32 Å². The van der Waals surface area contributed by atoms with Crippen LogP contribution in [0.4, 0.5) is 0 Å². The maximum absolute atomic E-state index is 9.18. The Kier molecular flexibility index (Phi) is 4.62. The van der Waals surface area contributed by atoms with Crippen molar-refractivity contribution in [2.24, 2.45) is 0 Å². The molecule has 0 aromatic heterocycles. The van der Waals surface area contributed by atoms with Gasteiger partial charge in [-0.15, -0.1) is 0 Å². The van der Waals surface area contributed by atoms with E-state index in [1.807, 2.05) is 36.4 Å². The number of rotatable bonds is 5. The summed E-state index contributed by atoms with van der Waals surface area (Å²) >= 11 is 6.07. The Balaban J connectivity index is 1.76. The van der Waals surface area contributed by atoms with Gasteiger partial charge in [0.05, 0.1) is 0 Å². The predicted molar refractivity (Wildman–Crippen MR) is 75.0 cm³/mol. The molecule has 2 aromatic carbocycles. The van der Waals surface area contributed by atoms with Gasteiger partial charge in [-0.05, 0) is 42.3 Å². The summed E-state index contributed by atoms with van der Waals surface area (Å²) in [5.74, 6) is 0.308. The van der Waals surface area contributed by atoms with Crippen molar-refractivity contribution in [1.29, 1.82) is 0 Å². The van der Waals surface area contributed by atoms with E-state index >= 15 is 0 Å². The van der Waals surface area contributed by atoms with Crippen LogP contribution in [0.3, 0.4) is 0 Å². The van der Waals surface area contributed by atoms with E-state index in [4.69, 9.17) is 11.6 Å². The Morgan fingerprint density at radius 1 is 1.00 bits per heavy atom. The summed E-state index contributed by atoms with van der Waals surface area (Å²) in [6.07, 6.45) is 0.935. The first-order valence-corrected chi connectivity index (χ1v) is 6.35. The largest absolute Gasteiger partial charge is 0.508 e. The molecular formula is C15H16ClNO. The zero-order valence-corrected chi connectivity index (χ0v) is 10.8. The van der Waals surface area contributed by atoms with E-state index in [0.29, 0.717) is 5.75 Å². The molecule has 2 N–H and O–H groups in total. The maximum atomic E-state index is 9.18. The van der Waals surface area contributed by atoms with Gasteiger partial charge in [-0.2, -0.15) is 0 Å². The molecule has 0 saturated carbocycles. The van der Waals surface area contributed by atoms with Gasteiger partial charge < -0.3 is 10.4 Å². The molecule has 18 heavy (non-hydrogen) atoms. The molecule has 2 aromatic rings. The minimum Gasteiger partial charge on any atom is -0.508 e. The smallest absolute Gasteiger partial charge is 0.115 e. The number of halogens is 1. The minimum atomic E-state index is 0.308. The van der Waals surface area contributed by atoms with Crippen molar-refractivity contribution in [3.05, 3.63) is 64.7 Å². The van der Waals surface area contributed by atoms with Crippen LogP contribution in [0.1, 0.15) is 11.1 Å². The topological polar surface area (TPSA) is 32.3 Å². The third-order valence-electron chi connectivity index (χ3n) is 2.80. The lowest BCUT2D eigenvalue weighted by molar-refractivity contribution is 0.475. The normalized spacial score (nSPS) is 10.5. The van der Waals surface area contributed by atoms with Crippen molar-refractivity contribution >= 4 is 11.6 Å². The van der Waals surface area contributed by atoms with E-state index in [0.717, 1.165) is 30.1 Å². The Morgan fingerprint density at radius 2 is 1.72 bits per heavy atom. The molecule has 3 heteroatoms. The van der Waals surface area contributed by atoms with Gasteiger partial charge in [0.1, 0.15) is 5.75 Å². The lowest BCUT2D eigenvalue weighted by atomic mass is 10.1. The van der Waals surface area contributed by atoms with Crippen LogP contribution in [0, 0.1) is 0 Å². The minimum absolute atomic E-state index is 0.308. The molecule has 0 aliphatic carbocycles. The Labute approximate surface area is 112 Å². The lowest BCUT2D eigenvalue weighted by Gasteiger charge is -2.06. The highest BCUT2D eigenvalue weighted by atomic mass is 35.5. The number of benzene rings is 2. The van der Waals surface area contributed by atoms with E-state index in [9.17, 15) is 5.11 Å². The van der Waals surface area contributed by atoms with Gasteiger partial charge in [0.15, 0.2) is 0 Å². The SMILES string of the molecule is Oc1ccc(CCNCc2ccccc2Cl)cc1. The van der Waals surface area contributed by atoms with Crippen LogP contribution in [-0.2, 0) is 13.0 Å². The number of hydrogen-bond acceptors (Lipinski definition) is 2. The van der Waals surface area contributed by atoms with Gasteiger partial charge in [-0.1, -0.05) is 41.9 Å². The number of hydrogen-bond donors (Lipinski definition) is 2. The second-order valence-corrected chi connectivity index (χ2v) is 4.59. The van der Waals surface area contributed by atoms with Gasteiger partial charge in [0, 0.05) is 11.6 Å². The van der Waals surface area contributed by atoms with Crippen LogP contribution in [0.25, 0.3) is 0 Å². The van der Waals surface area contributed by atoms with E-state index in [-0.39, 0.29) is 0 Å². The Bertz CT molecular complexity index is 496. The zero-order valence-electron chi connectivity index (χ0n) is 10.1. The van der Waals surface area contributed by atoms with Crippen LogP contribution in [0.2, 0.25) is 5.02 Å². The van der Waals surface area contributed by atoms with E-state index in [1.54, 1.807) is 12.1 Å². The predicted octanol–water partition coefficient (Wildman–Crippen LogP) is 3.38. The molecule has 0 bridgehead atoms. The summed E-state index contributed by atoms with van der Waals surface area (Å²) in [4.78, 5) is 0. The van der Waals surface area contributed by atoms with Crippen LogP contribution in [0.5, 0.6) is 5.75 Å². The Hall–Kier alpha value is -1.51. The molecule has 2 rings (SSSR count).